The van der Waals surface area contributed by atoms with Crippen molar-refractivity contribution >= 4 is 18.2 Å². The zero-order valence-corrected chi connectivity index (χ0v) is 16.1. The van der Waals surface area contributed by atoms with Crippen LogP contribution in [0.15, 0.2) is 35.3 Å². The molecule has 0 aliphatic carbocycles. The van der Waals surface area contributed by atoms with Crippen molar-refractivity contribution in [3.05, 3.63) is 58.4 Å². The Labute approximate surface area is 159 Å². The second-order valence-electron chi connectivity index (χ2n) is 6.08. The molecule has 0 aliphatic rings. The lowest BCUT2D eigenvalue weighted by Crippen LogP contribution is -2.09. The second kappa shape index (κ2) is 10.3. The summed E-state index contributed by atoms with van der Waals surface area (Å²) in [4.78, 5) is 32.1. The maximum atomic E-state index is 12.7. The first-order valence-electron chi connectivity index (χ1n) is 9.19. The second-order valence-corrected chi connectivity index (χ2v) is 6.08. The number of nitrogens with one attached hydrogen (secondary N) is 1. The van der Waals surface area contributed by atoms with Gasteiger partial charge in [-0.25, -0.2) is 9.59 Å². The number of ether oxygens (including phenoxy) is 2. The van der Waals surface area contributed by atoms with Crippen LogP contribution in [0.4, 0.5) is 0 Å². The van der Waals surface area contributed by atoms with Gasteiger partial charge in [0, 0.05) is 12.8 Å². The first-order chi connectivity index (χ1) is 13.1. The molecule has 0 atom stereocenters. The molecule has 0 fully saturated rings. The van der Waals surface area contributed by atoms with Crippen LogP contribution < -0.4 is 0 Å². The van der Waals surface area contributed by atoms with E-state index in [4.69, 9.17) is 9.47 Å². The van der Waals surface area contributed by atoms with Crippen molar-refractivity contribution < 1.29 is 19.1 Å². The number of hydrogen-bond donors (Lipinski definition) is 1. The van der Waals surface area contributed by atoms with E-state index in [1.807, 2.05) is 30.3 Å². The predicted octanol–water partition coefficient (Wildman–Crippen LogP) is 4.08. The maximum absolute atomic E-state index is 12.7. The van der Waals surface area contributed by atoms with Crippen molar-refractivity contribution in [2.45, 2.75) is 40.2 Å². The number of hydrogen-bond acceptors (Lipinski definition) is 5. The third-order valence-corrected chi connectivity index (χ3v) is 4.04. The van der Waals surface area contributed by atoms with Crippen molar-refractivity contribution in [2.24, 2.45) is 4.99 Å². The summed E-state index contributed by atoms with van der Waals surface area (Å²) >= 11 is 0. The molecule has 1 heterocycles. The molecule has 0 saturated heterocycles. The predicted molar refractivity (Wildman–Crippen MR) is 104 cm³/mol. The Morgan fingerprint density at radius 1 is 1.11 bits per heavy atom. The van der Waals surface area contributed by atoms with Gasteiger partial charge in [0.2, 0.25) is 0 Å². The maximum Gasteiger partial charge on any atom is 0.355 e. The number of benzene rings is 1. The van der Waals surface area contributed by atoms with Gasteiger partial charge in [0.1, 0.15) is 12.3 Å². The van der Waals surface area contributed by atoms with Gasteiger partial charge in [0.05, 0.1) is 17.9 Å². The quantitative estimate of drug-likeness (QED) is 0.410. The van der Waals surface area contributed by atoms with E-state index in [0.717, 1.165) is 18.4 Å². The zero-order valence-electron chi connectivity index (χ0n) is 16.1. The van der Waals surface area contributed by atoms with E-state index in [1.54, 1.807) is 20.1 Å². The van der Waals surface area contributed by atoms with Gasteiger partial charge >= 0.3 is 11.9 Å². The van der Waals surface area contributed by atoms with Gasteiger partial charge in [0.15, 0.2) is 0 Å². The third kappa shape index (κ3) is 5.54. The van der Waals surface area contributed by atoms with E-state index >= 15 is 0 Å². The Bertz CT molecular complexity index is 794. The number of carbonyl (C=O) groups excluding carboxylic acids is 2. The van der Waals surface area contributed by atoms with Gasteiger partial charge in [-0.1, -0.05) is 43.7 Å². The molecule has 2 rings (SSSR count). The van der Waals surface area contributed by atoms with E-state index < -0.39 is 11.9 Å². The van der Waals surface area contributed by atoms with Crippen molar-refractivity contribution in [3.8, 4) is 0 Å². The number of aliphatic imine (C=N–C) groups is 1. The van der Waals surface area contributed by atoms with Crippen LogP contribution in [-0.4, -0.2) is 36.3 Å². The number of esters is 2. The van der Waals surface area contributed by atoms with Gasteiger partial charge in [-0.2, -0.15) is 0 Å². The van der Waals surface area contributed by atoms with Crippen molar-refractivity contribution in [3.63, 3.8) is 0 Å². The number of H-pyrrole nitrogens is 1. The molecule has 6 nitrogen and oxygen atoms in total. The van der Waals surface area contributed by atoms with E-state index in [-0.39, 0.29) is 18.9 Å². The minimum Gasteiger partial charge on any atom is -0.461 e. The summed E-state index contributed by atoms with van der Waals surface area (Å²) < 4.78 is 10.5. The summed E-state index contributed by atoms with van der Waals surface area (Å²) in [6.45, 7) is 6.58. The third-order valence-electron chi connectivity index (χ3n) is 4.04. The van der Waals surface area contributed by atoms with Crippen LogP contribution in [0.25, 0.3) is 0 Å². The molecule has 2 aromatic rings. The highest BCUT2D eigenvalue weighted by Gasteiger charge is 2.25. The number of aromatic nitrogens is 1. The van der Waals surface area contributed by atoms with Gasteiger partial charge < -0.3 is 14.5 Å². The Hall–Kier alpha value is -2.89. The first-order valence-corrected chi connectivity index (χ1v) is 9.19. The van der Waals surface area contributed by atoms with Crippen molar-refractivity contribution in [2.75, 3.05) is 13.2 Å². The molecule has 0 bridgehead atoms. The van der Waals surface area contributed by atoms with Crippen LogP contribution in [0.1, 0.15) is 64.4 Å². The molecular weight excluding hydrogens is 344 g/mol. The fourth-order valence-electron chi connectivity index (χ4n) is 2.59. The Kier molecular flexibility index (Phi) is 7.79. The zero-order chi connectivity index (χ0) is 19.6. The first kappa shape index (κ1) is 20.4. The summed E-state index contributed by atoms with van der Waals surface area (Å²) in [6, 6.07) is 9.44. The summed E-state index contributed by atoms with van der Waals surface area (Å²) in [5.74, 6) is -1.000. The monoisotopic (exact) mass is 370 g/mol. The molecule has 1 aromatic carbocycles. The molecule has 0 radical (unpaired) electrons. The Morgan fingerprint density at radius 2 is 1.85 bits per heavy atom. The average molecular weight is 370 g/mol. The highest BCUT2D eigenvalue weighted by Crippen LogP contribution is 2.20. The minimum absolute atomic E-state index is 0.158. The minimum atomic E-state index is -0.500. The molecule has 1 aromatic heterocycles. The van der Waals surface area contributed by atoms with Crippen molar-refractivity contribution in [1.82, 2.24) is 4.98 Å². The molecule has 0 aliphatic heterocycles. The standard InChI is InChI=1S/C21H26N2O4/c1-4-6-12-22-13-17-18(15(3)19(23-17)21(25)26-5-2)20(24)27-14-16-10-8-7-9-11-16/h7-11,13,23H,4-6,12,14H2,1-3H3. The number of rotatable bonds is 9. The summed E-state index contributed by atoms with van der Waals surface area (Å²) in [6.07, 6.45) is 3.57. The van der Waals surface area contributed by atoms with Crippen LogP contribution in [0.5, 0.6) is 0 Å². The summed E-state index contributed by atoms with van der Waals surface area (Å²) in [5.41, 5.74) is 2.42. The highest BCUT2D eigenvalue weighted by atomic mass is 16.5. The van der Waals surface area contributed by atoms with Gasteiger partial charge in [-0.3, -0.25) is 4.99 Å². The smallest absolute Gasteiger partial charge is 0.355 e. The number of carbonyl (C=O) groups is 2. The van der Waals surface area contributed by atoms with Gasteiger partial charge in [-0.15, -0.1) is 0 Å². The molecule has 144 valence electrons. The van der Waals surface area contributed by atoms with E-state index in [9.17, 15) is 9.59 Å². The lowest BCUT2D eigenvalue weighted by atomic mass is 10.1. The number of unbranched alkanes of at least 4 members (excludes halogenated alkanes) is 1. The Morgan fingerprint density at radius 3 is 2.52 bits per heavy atom. The molecule has 0 saturated carbocycles. The fourth-order valence-corrected chi connectivity index (χ4v) is 2.59. The fraction of sp³-hybridized carbons (Fsp3) is 0.381. The number of aromatic amines is 1. The van der Waals surface area contributed by atoms with E-state index in [0.29, 0.717) is 23.4 Å². The molecular formula is C21H26N2O4. The normalized spacial score (nSPS) is 10.9. The topological polar surface area (TPSA) is 80.8 Å². The summed E-state index contributed by atoms with van der Waals surface area (Å²) in [7, 11) is 0. The summed E-state index contributed by atoms with van der Waals surface area (Å²) in [5, 5.41) is 0. The SMILES string of the molecule is CCCCN=Cc1[nH]c(C(=O)OCC)c(C)c1C(=O)OCc1ccccc1. The molecule has 0 spiro atoms. The van der Waals surface area contributed by atoms with E-state index in [1.165, 1.54) is 0 Å². The molecule has 1 N–H and O–H groups in total. The van der Waals surface area contributed by atoms with Gasteiger partial charge in [0.25, 0.3) is 0 Å². The lowest BCUT2D eigenvalue weighted by molar-refractivity contribution is 0.0472. The van der Waals surface area contributed by atoms with E-state index in [2.05, 4.69) is 16.9 Å². The van der Waals surface area contributed by atoms with Crippen LogP contribution in [0.2, 0.25) is 0 Å². The Balaban J connectivity index is 2.25. The van der Waals surface area contributed by atoms with Crippen molar-refractivity contribution in [1.29, 1.82) is 0 Å². The van der Waals surface area contributed by atoms with Gasteiger partial charge in [-0.05, 0) is 31.4 Å². The molecule has 0 amide bonds. The van der Waals surface area contributed by atoms with Crippen LogP contribution in [-0.2, 0) is 16.1 Å². The van der Waals surface area contributed by atoms with Crippen LogP contribution in [0, 0.1) is 6.92 Å². The number of nitrogens with zero attached hydrogens (tertiary/aromatic N) is 1. The molecule has 0 unspecified atom stereocenters. The highest BCUT2D eigenvalue weighted by molar-refractivity contribution is 6.04. The lowest BCUT2D eigenvalue weighted by Gasteiger charge is -2.06. The largest absolute Gasteiger partial charge is 0.461 e. The molecule has 6 heteroatoms. The average Bonchev–Trinajstić information content (AvgIpc) is 3.01. The van der Waals surface area contributed by atoms with Crippen LogP contribution >= 0.6 is 0 Å². The molecule has 27 heavy (non-hydrogen) atoms. The van der Waals surface area contributed by atoms with Crippen LogP contribution in [0.3, 0.4) is 0 Å².